The number of anilines is 1. The zero-order valence-electron chi connectivity index (χ0n) is 10.8. The first-order valence-corrected chi connectivity index (χ1v) is 8.19. The summed E-state index contributed by atoms with van der Waals surface area (Å²) in [5.41, 5.74) is 5.51. The lowest BCUT2D eigenvalue weighted by Crippen LogP contribution is -2.25. The van der Waals surface area contributed by atoms with Gasteiger partial charge in [-0.05, 0) is 6.07 Å². The molecule has 0 atom stereocenters. The summed E-state index contributed by atoms with van der Waals surface area (Å²) in [5.74, 6) is -0.168. The van der Waals surface area contributed by atoms with E-state index in [0.29, 0.717) is 28.0 Å². The van der Waals surface area contributed by atoms with Crippen LogP contribution in [0.5, 0.6) is 0 Å². The second-order valence-corrected chi connectivity index (χ2v) is 6.81. The first kappa shape index (κ1) is 14.2. The molecule has 0 aliphatic rings. The Labute approximate surface area is 133 Å². The molecule has 21 heavy (non-hydrogen) atoms. The fourth-order valence-electron chi connectivity index (χ4n) is 1.89. The van der Waals surface area contributed by atoms with Gasteiger partial charge < -0.3 is 11.1 Å². The smallest absolute Gasteiger partial charge is 0.262 e. The number of carbonyl (C=O) groups is 1. The molecule has 0 unspecified atom stereocenters. The number of hydrogen-bond donors (Lipinski definition) is 2. The van der Waals surface area contributed by atoms with Crippen LogP contribution in [0.1, 0.15) is 14.7 Å². The average molecular weight is 339 g/mol. The van der Waals surface area contributed by atoms with Crippen molar-refractivity contribution in [3.8, 4) is 0 Å². The lowest BCUT2D eigenvalue weighted by atomic mass is 10.2. The third kappa shape index (κ3) is 2.99. The lowest BCUT2D eigenvalue weighted by Gasteiger charge is -2.01. The summed E-state index contributed by atoms with van der Waals surface area (Å²) in [5, 5.41) is 13.1. The SMILES string of the molecule is Nc1nnc(CCNC(=O)c2sc3ccccc3c2Cl)s1. The van der Waals surface area contributed by atoms with E-state index < -0.39 is 0 Å². The Morgan fingerprint density at radius 2 is 2.10 bits per heavy atom. The Kier molecular flexibility index (Phi) is 4.05. The van der Waals surface area contributed by atoms with Crippen molar-refractivity contribution in [1.82, 2.24) is 15.5 Å². The van der Waals surface area contributed by atoms with E-state index in [1.165, 1.54) is 22.7 Å². The molecular formula is C13H11ClN4OS2. The van der Waals surface area contributed by atoms with Gasteiger partial charge in [-0.2, -0.15) is 0 Å². The molecule has 5 nitrogen and oxygen atoms in total. The maximum absolute atomic E-state index is 12.2. The Morgan fingerprint density at radius 1 is 1.29 bits per heavy atom. The number of nitrogen functional groups attached to an aromatic ring is 1. The number of benzene rings is 1. The number of rotatable bonds is 4. The molecule has 8 heteroatoms. The normalized spacial score (nSPS) is 10.9. The van der Waals surface area contributed by atoms with Crippen molar-refractivity contribution in [3.63, 3.8) is 0 Å². The minimum atomic E-state index is -0.168. The summed E-state index contributed by atoms with van der Waals surface area (Å²) in [6.45, 7) is 0.470. The van der Waals surface area contributed by atoms with Crippen LogP contribution in [0.4, 0.5) is 5.13 Å². The van der Waals surface area contributed by atoms with Crippen molar-refractivity contribution in [2.24, 2.45) is 0 Å². The van der Waals surface area contributed by atoms with Gasteiger partial charge >= 0.3 is 0 Å². The Bertz CT molecular complexity index is 798. The summed E-state index contributed by atoms with van der Waals surface area (Å²) >= 11 is 8.98. The highest BCUT2D eigenvalue weighted by molar-refractivity contribution is 7.21. The summed E-state index contributed by atoms with van der Waals surface area (Å²) in [6.07, 6.45) is 0.600. The van der Waals surface area contributed by atoms with Gasteiger partial charge in [0.25, 0.3) is 5.91 Å². The van der Waals surface area contributed by atoms with Crippen LogP contribution < -0.4 is 11.1 Å². The molecular weight excluding hydrogens is 328 g/mol. The second kappa shape index (κ2) is 5.97. The zero-order valence-corrected chi connectivity index (χ0v) is 13.2. The topological polar surface area (TPSA) is 80.9 Å². The van der Waals surface area contributed by atoms with Crippen LogP contribution in [0.2, 0.25) is 5.02 Å². The fraction of sp³-hybridized carbons (Fsp3) is 0.154. The van der Waals surface area contributed by atoms with Gasteiger partial charge in [-0.1, -0.05) is 41.1 Å². The van der Waals surface area contributed by atoms with Crippen molar-refractivity contribution < 1.29 is 4.79 Å². The van der Waals surface area contributed by atoms with Gasteiger partial charge in [0, 0.05) is 23.1 Å². The van der Waals surface area contributed by atoms with Gasteiger partial charge in [0.05, 0.1) is 5.02 Å². The average Bonchev–Trinajstić information content (AvgIpc) is 3.03. The third-order valence-corrected chi connectivity index (χ3v) is 5.33. The van der Waals surface area contributed by atoms with Gasteiger partial charge in [-0.3, -0.25) is 4.79 Å². The van der Waals surface area contributed by atoms with Crippen molar-refractivity contribution in [1.29, 1.82) is 0 Å². The van der Waals surface area contributed by atoms with E-state index in [4.69, 9.17) is 17.3 Å². The summed E-state index contributed by atoms with van der Waals surface area (Å²) in [4.78, 5) is 12.7. The first-order chi connectivity index (χ1) is 10.1. The number of hydrogen-bond acceptors (Lipinski definition) is 6. The molecule has 0 fully saturated rings. The highest BCUT2D eigenvalue weighted by Gasteiger charge is 2.16. The molecule has 1 aromatic carbocycles. The molecule has 0 saturated heterocycles. The van der Waals surface area contributed by atoms with Crippen LogP contribution in [-0.4, -0.2) is 22.6 Å². The predicted octanol–water partition coefficient (Wildman–Crippen LogP) is 2.96. The monoisotopic (exact) mass is 338 g/mol. The molecule has 0 saturated carbocycles. The summed E-state index contributed by atoms with van der Waals surface area (Å²) in [7, 11) is 0. The molecule has 0 bridgehead atoms. The molecule has 0 radical (unpaired) electrons. The molecule has 2 aromatic heterocycles. The predicted molar refractivity (Wildman–Crippen MR) is 87.2 cm³/mol. The Morgan fingerprint density at radius 3 is 2.81 bits per heavy atom. The van der Waals surface area contributed by atoms with Crippen molar-refractivity contribution in [2.45, 2.75) is 6.42 Å². The minimum Gasteiger partial charge on any atom is -0.374 e. The van der Waals surface area contributed by atoms with Crippen LogP contribution in [0.15, 0.2) is 24.3 Å². The molecule has 3 aromatic rings. The number of aromatic nitrogens is 2. The number of fused-ring (bicyclic) bond motifs is 1. The first-order valence-electron chi connectivity index (χ1n) is 6.18. The van der Waals surface area contributed by atoms with Crippen LogP contribution >= 0.6 is 34.3 Å². The van der Waals surface area contributed by atoms with Crippen LogP contribution in [0.25, 0.3) is 10.1 Å². The van der Waals surface area contributed by atoms with Crippen molar-refractivity contribution in [3.05, 3.63) is 39.2 Å². The number of halogens is 1. The van der Waals surface area contributed by atoms with Gasteiger partial charge in [0.15, 0.2) is 0 Å². The van der Waals surface area contributed by atoms with E-state index >= 15 is 0 Å². The van der Waals surface area contributed by atoms with Crippen molar-refractivity contribution >= 4 is 55.4 Å². The zero-order chi connectivity index (χ0) is 14.8. The number of nitrogens with zero attached hydrogens (tertiary/aromatic N) is 2. The highest BCUT2D eigenvalue weighted by atomic mass is 35.5. The second-order valence-electron chi connectivity index (χ2n) is 4.28. The number of nitrogens with one attached hydrogen (secondary N) is 1. The largest absolute Gasteiger partial charge is 0.374 e. The van der Waals surface area contributed by atoms with Gasteiger partial charge in [-0.25, -0.2) is 0 Å². The van der Waals surface area contributed by atoms with E-state index in [-0.39, 0.29) is 5.91 Å². The maximum Gasteiger partial charge on any atom is 0.262 e. The molecule has 1 amide bonds. The number of carbonyl (C=O) groups excluding carboxylic acids is 1. The van der Waals surface area contributed by atoms with Gasteiger partial charge in [0.2, 0.25) is 5.13 Å². The fourth-order valence-corrected chi connectivity index (χ4v) is 3.93. The number of thiophene rings is 1. The van der Waals surface area contributed by atoms with E-state index in [2.05, 4.69) is 15.5 Å². The van der Waals surface area contributed by atoms with Gasteiger partial charge in [0.1, 0.15) is 9.88 Å². The molecule has 108 valence electrons. The molecule has 0 aliphatic heterocycles. The maximum atomic E-state index is 12.2. The van der Waals surface area contributed by atoms with E-state index in [1.54, 1.807) is 0 Å². The lowest BCUT2D eigenvalue weighted by molar-refractivity contribution is 0.0958. The number of amides is 1. The Hall–Kier alpha value is -1.70. The molecule has 3 N–H and O–H groups in total. The molecule has 3 rings (SSSR count). The summed E-state index contributed by atoms with van der Waals surface area (Å²) in [6, 6.07) is 7.70. The summed E-state index contributed by atoms with van der Waals surface area (Å²) < 4.78 is 1.00. The van der Waals surface area contributed by atoms with E-state index in [9.17, 15) is 4.79 Å². The van der Waals surface area contributed by atoms with Crippen LogP contribution in [0, 0.1) is 0 Å². The third-order valence-electron chi connectivity index (χ3n) is 2.85. The quantitative estimate of drug-likeness (QED) is 0.766. The molecule has 0 spiro atoms. The van der Waals surface area contributed by atoms with Crippen molar-refractivity contribution in [2.75, 3.05) is 12.3 Å². The standard InChI is InChI=1S/C13H11ClN4OS2/c14-10-7-3-1-2-4-8(7)20-11(10)12(19)16-6-5-9-17-18-13(15)21-9/h1-4H,5-6H2,(H2,15,18)(H,16,19). The minimum absolute atomic E-state index is 0.168. The van der Waals surface area contributed by atoms with E-state index in [1.807, 2.05) is 24.3 Å². The highest BCUT2D eigenvalue weighted by Crippen LogP contribution is 2.34. The van der Waals surface area contributed by atoms with Crippen LogP contribution in [-0.2, 0) is 6.42 Å². The number of nitrogens with two attached hydrogens (primary N) is 1. The van der Waals surface area contributed by atoms with E-state index in [0.717, 1.165) is 15.1 Å². The molecule has 2 heterocycles. The van der Waals surface area contributed by atoms with Gasteiger partial charge in [-0.15, -0.1) is 21.5 Å². The van der Waals surface area contributed by atoms with Crippen LogP contribution in [0.3, 0.4) is 0 Å². The molecule has 0 aliphatic carbocycles. The Balaban J connectivity index is 1.68.